The van der Waals surface area contributed by atoms with Gasteiger partial charge in [0.05, 0.1) is 0 Å². The fourth-order valence-electron chi connectivity index (χ4n) is 2.47. The standard InChI is InChI=1S/C16H21BrN2O2/c1-16(2,3)15(21)19-10-4-5-13(19)14(20)18-12-8-6-11(17)7-9-12/h6-9,13H,4-5,10H2,1-3H3,(H,18,20). The van der Waals surface area contributed by atoms with Crippen molar-refractivity contribution < 1.29 is 9.59 Å². The van der Waals surface area contributed by atoms with Gasteiger partial charge in [0.15, 0.2) is 0 Å². The zero-order valence-corrected chi connectivity index (χ0v) is 14.2. The number of carbonyl (C=O) groups excluding carboxylic acids is 2. The van der Waals surface area contributed by atoms with E-state index in [0.29, 0.717) is 6.54 Å². The van der Waals surface area contributed by atoms with Crippen LogP contribution in [-0.2, 0) is 9.59 Å². The largest absolute Gasteiger partial charge is 0.330 e. The second kappa shape index (κ2) is 6.18. The van der Waals surface area contributed by atoms with Gasteiger partial charge in [-0.25, -0.2) is 0 Å². The van der Waals surface area contributed by atoms with E-state index in [1.54, 1.807) is 4.90 Å². The topological polar surface area (TPSA) is 49.4 Å². The van der Waals surface area contributed by atoms with Gasteiger partial charge < -0.3 is 10.2 Å². The van der Waals surface area contributed by atoms with E-state index in [9.17, 15) is 9.59 Å². The summed E-state index contributed by atoms with van der Waals surface area (Å²) in [5, 5.41) is 2.89. The third kappa shape index (κ3) is 3.84. The average Bonchev–Trinajstić information content (AvgIpc) is 2.88. The molecule has 4 nitrogen and oxygen atoms in total. The van der Waals surface area contributed by atoms with Crippen LogP contribution in [0.2, 0.25) is 0 Å². The van der Waals surface area contributed by atoms with Crippen LogP contribution >= 0.6 is 15.9 Å². The maximum Gasteiger partial charge on any atom is 0.247 e. The molecule has 0 aromatic heterocycles. The third-order valence-electron chi connectivity index (χ3n) is 3.57. The van der Waals surface area contributed by atoms with Crippen molar-refractivity contribution in [1.29, 1.82) is 0 Å². The summed E-state index contributed by atoms with van der Waals surface area (Å²) in [7, 11) is 0. The Morgan fingerprint density at radius 1 is 1.24 bits per heavy atom. The van der Waals surface area contributed by atoms with E-state index in [1.165, 1.54) is 0 Å². The van der Waals surface area contributed by atoms with Crippen molar-refractivity contribution in [2.45, 2.75) is 39.7 Å². The Bertz CT molecular complexity index is 534. The Kier molecular flexibility index (Phi) is 4.71. The summed E-state index contributed by atoms with van der Waals surface area (Å²) in [6.45, 7) is 6.32. The predicted octanol–water partition coefficient (Wildman–Crippen LogP) is 3.42. The van der Waals surface area contributed by atoms with E-state index in [-0.39, 0.29) is 17.9 Å². The fraction of sp³-hybridized carbons (Fsp3) is 0.500. The van der Waals surface area contributed by atoms with Gasteiger partial charge in [-0.3, -0.25) is 9.59 Å². The van der Waals surface area contributed by atoms with Crippen molar-refractivity contribution >= 4 is 33.4 Å². The molecular weight excluding hydrogens is 332 g/mol. The number of nitrogens with one attached hydrogen (secondary N) is 1. The minimum Gasteiger partial charge on any atom is -0.330 e. The third-order valence-corrected chi connectivity index (χ3v) is 4.10. The first-order valence-corrected chi connectivity index (χ1v) is 7.96. The minimum absolute atomic E-state index is 0.0379. The molecule has 0 saturated carbocycles. The first-order valence-electron chi connectivity index (χ1n) is 7.16. The summed E-state index contributed by atoms with van der Waals surface area (Å²) in [5.74, 6) is -0.0663. The highest BCUT2D eigenvalue weighted by atomic mass is 79.9. The van der Waals surface area contributed by atoms with Gasteiger partial charge in [-0.2, -0.15) is 0 Å². The Hall–Kier alpha value is -1.36. The van der Waals surface area contributed by atoms with Crippen LogP contribution in [-0.4, -0.2) is 29.3 Å². The lowest BCUT2D eigenvalue weighted by atomic mass is 9.94. The molecule has 1 heterocycles. The number of benzene rings is 1. The van der Waals surface area contributed by atoms with Crippen LogP contribution in [0.5, 0.6) is 0 Å². The SMILES string of the molecule is CC(C)(C)C(=O)N1CCCC1C(=O)Nc1ccc(Br)cc1. The lowest BCUT2D eigenvalue weighted by molar-refractivity contribution is -0.143. The average molecular weight is 353 g/mol. The molecule has 1 saturated heterocycles. The van der Waals surface area contributed by atoms with Crippen LogP contribution < -0.4 is 5.32 Å². The van der Waals surface area contributed by atoms with Crippen molar-refractivity contribution in [2.75, 3.05) is 11.9 Å². The Balaban J connectivity index is 2.07. The zero-order chi connectivity index (χ0) is 15.6. The summed E-state index contributed by atoms with van der Waals surface area (Å²) < 4.78 is 0.964. The molecule has 1 aromatic rings. The van der Waals surface area contributed by atoms with E-state index >= 15 is 0 Å². The van der Waals surface area contributed by atoms with Crippen LogP contribution in [0.15, 0.2) is 28.7 Å². The van der Waals surface area contributed by atoms with Crippen LogP contribution in [0.4, 0.5) is 5.69 Å². The van der Waals surface area contributed by atoms with E-state index < -0.39 is 5.41 Å². The van der Waals surface area contributed by atoms with Crippen LogP contribution in [0.3, 0.4) is 0 Å². The first-order chi connectivity index (χ1) is 9.79. The van der Waals surface area contributed by atoms with Crippen molar-refractivity contribution in [3.05, 3.63) is 28.7 Å². The van der Waals surface area contributed by atoms with Crippen LogP contribution in [0, 0.1) is 5.41 Å². The van der Waals surface area contributed by atoms with Crippen molar-refractivity contribution in [3.8, 4) is 0 Å². The van der Waals surface area contributed by atoms with Gasteiger partial charge in [-0.05, 0) is 37.1 Å². The van der Waals surface area contributed by atoms with Crippen LogP contribution in [0.1, 0.15) is 33.6 Å². The summed E-state index contributed by atoms with van der Waals surface area (Å²) in [5.41, 5.74) is 0.291. The molecule has 0 spiro atoms. The Morgan fingerprint density at radius 3 is 2.43 bits per heavy atom. The number of halogens is 1. The summed E-state index contributed by atoms with van der Waals surface area (Å²) >= 11 is 3.36. The van der Waals surface area contributed by atoms with Gasteiger partial charge in [0.2, 0.25) is 11.8 Å². The number of amides is 2. The van der Waals surface area contributed by atoms with Crippen molar-refractivity contribution in [3.63, 3.8) is 0 Å². The summed E-state index contributed by atoms with van der Waals surface area (Å²) in [6, 6.07) is 7.07. The number of rotatable bonds is 2. The van der Waals surface area contributed by atoms with Gasteiger partial charge in [-0.15, -0.1) is 0 Å². The van der Waals surface area contributed by atoms with Gasteiger partial charge in [-0.1, -0.05) is 36.7 Å². The number of nitrogens with zero attached hydrogens (tertiary/aromatic N) is 1. The van der Waals surface area contributed by atoms with Crippen molar-refractivity contribution in [1.82, 2.24) is 4.90 Å². The van der Waals surface area contributed by atoms with Gasteiger partial charge >= 0.3 is 0 Å². The number of carbonyl (C=O) groups is 2. The maximum atomic E-state index is 12.4. The lowest BCUT2D eigenvalue weighted by Crippen LogP contribution is -2.47. The van der Waals surface area contributed by atoms with Crippen LogP contribution in [0.25, 0.3) is 0 Å². The normalized spacial score (nSPS) is 18.7. The quantitative estimate of drug-likeness (QED) is 0.886. The second-order valence-electron chi connectivity index (χ2n) is 6.40. The highest BCUT2D eigenvalue weighted by molar-refractivity contribution is 9.10. The maximum absolute atomic E-state index is 12.4. The molecule has 1 aliphatic heterocycles. The smallest absolute Gasteiger partial charge is 0.247 e. The first kappa shape index (κ1) is 16.0. The highest BCUT2D eigenvalue weighted by Crippen LogP contribution is 2.26. The summed E-state index contributed by atoms with van der Waals surface area (Å²) in [4.78, 5) is 26.6. The minimum atomic E-state index is -0.458. The molecule has 2 amide bonds. The molecule has 1 atom stereocenters. The van der Waals surface area contributed by atoms with E-state index in [2.05, 4.69) is 21.2 Å². The molecule has 0 bridgehead atoms. The van der Waals surface area contributed by atoms with E-state index in [0.717, 1.165) is 23.0 Å². The Labute approximate surface area is 134 Å². The molecule has 1 aromatic carbocycles. The predicted molar refractivity (Wildman–Crippen MR) is 87.0 cm³/mol. The highest BCUT2D eigenvalue weighted by Gasteiger charge is 2.38. The molecule has 0 radical (unpaired) electrons. The Morgan fingerprint density at radius 2 is 1.86 bits per heavy atom. The molecule has 0 aliphatic carbocycles. The molecule has 1 aliphatic rings. The molecular formula is C16H21BrN2O2. The number of likely N-dealkylation sites (tertiary alicyclic amines) is 1. The molecule has 5 heteroatoms. The number of anilines is 1. The van der Waals surface area contributed by atoms with Crippen molar-refractivity contribution in [2.24, 2.45) is 5.41 Å². The lowest BCUT2D eigenvalue weighted by Gasteiger charge is -2.30. The molecule has 1 N–H and O–H groups in total. The molecule has 1 unspecified atom stereocenters. The van der Waals surface area contributed by atoms with Gasteiger partial charge in [0.25, 0.3) is 0 Å². The zero-order valence-electron chi connectivity index (χ0n) is 12.6. The van der Waals surface area contributed by atoms with E-state index in [1.807, 2.05) is 45.0 Å². The molecule has 1 fully saturated rings. The van der Waals surface area contributed by atoms with Gasteiger partial charge in [0, 0.05) is 22.1 Å². The molecule has 114 valence electrons. The molecule has 2 rings (SSSR count). The number of hydrogen-bond donors (Lipinski definition) is 1. The van der Waals surface area contributed by atoms with E-state index in [4.69, 9.17) is 0 Å². The monoisotopic (exact) mass is 352 g/mol. The summed E-state index contributed by atoms with van der Waals surface area (Å²) in [6.07, 6.45) is 1.60. The number of hydrogen-bond acceptors (Lipinski definition) is 2. The fourth-order valence-corrected chi connectivity index (χ4v) is 2.74. The molecule has 21 heavy (non-hydrogen) atoms. The van der Waals surface area contributed by atoms with Gasteiger partial charge in [0.1, 0.15) is 6.04 Å². The second-order valence-corrected chi connectivity index (χ2v) is 7.32.